The Morgan fingerprint density at radius 2 is 1.50 bits per heavy atom. The summed E-state index contributed by atoms with van der Waals surface area (Å²) in [6.07, 6.45) is 2.49. The molecule has 2 N–H and O–H groups in total. The maximum atomic E-state index is 8.86. The summed E-state index contributed by atoms with van der Waals surface area (Å²) in [5.74, 6) is 0.396. The van der Waals surface area contributed by atoms with E-state index in [9.17, 15) is 0 Å². The van der Waals surface area contributed by atoms with Crippen LogP contribution in [0.15, 0.2) is 30.3 Å². The third kappa shape index (κ3) is 3.90. The number of rotatable bonds is 6. The van der Waals surface area contributed by atoms with Crippen LogP contribution in [0.3, 0.4) is 0 Å². The molecule has 2 heteroatoms. The van der Waals surface area contributed by atoms with Crippen molar-refractivity contribution in [1.29, 1.82) is 0 Å². The molecule has 0 atom stereocenters. The lowest BCUT2D eigenvalue weighted by molar-refractivity contribution is 0.215. The van der Waals surface area contributed by atoms with Gasteiger partial charge in [0.15, 0.2) is 0 Å². The molecule has 0 spiro atoms. The summed E-state index contributed by atoms with van der Waals surface area (Å²) in [5.41, 5.74) is 1.28. The summed E-state index contributed by atoms with van der Waals surface area (Å²) >= 11 is 0. The average molecular weight is 194 g/mol. The SMILES string of the molecule is OCCC(CCO)Cc1ccccc1. The zero-order valence-electron chi connectivity index (χ0n) is 8.39. The van der Waals surface area contributed by atoms with Crippen LogP contribution in [-0.2, 0) is 6.42 Å². The van der Waals surface area contributed by atoms with Gasteiger partial charge < -0.3 is 10.2 Å². The molecule has 1 rings (SSSR count). The second-order valence-electron chi connectivity index (χ2n) is 3.58. The van der Waals surface area contributed by atoms with Crippen LogP contribution in [0, 0.1) is 5.92 Å². The van der Waals surface area contributed by atoms with E-state index in [0.29, 0.717) is 5.92 Å². The van der Waals surface area contributed by atoms with Gasteiger partial charge in [-0.2, -0.15) is 0 Å². The van der Waals surface area contributed by atoms with Crippen molar-refractivity contribution < 1.29 is 10.2 Å². The monoisotopic (exact) mass is 194 g/mol. The Morgan fingerprint density at radius 1 is 0.929 bits per heavy atom. The van der Waals surface area contributed by atoms with Crippen molar-refractivity contribution in [1.82, 2.24) is 0 Å². The molecule has 1 aromatic carbocycles. The van der Waals surface area contributed by atoms with Crippen LogP contribution in [0.25, 0.3) is 0 Å². The number of benzene rings is 1. The first-order valence-corrected chi connectivity index (χ1v) is 5.12. The zero-order chi connectivity index (χ0) is 10.2. The second-order valence-corrected chi connectivity index (χ2v) is 3.58. The van der Waals surface area contributed by atoms with E-state index in [1.807, 2.05) is 18.2 Å². The molecule has 0 saturated heterocycles. The molecule has 0 saturated carbocycles. The van der Waals surface area contributed by atoms with Gasteiger partial charge in [0, 0.05) is 13.2 Å². The molecular formula is C12H18O2. The van der Waals surface area contributed by atoms with Crippen LogP contribution in [0.4, 0.5) is 0 Å². The molecule has 78 valence electrons. The maximum Gasteiger partial charge on any atom is 0.0433 e. The molecule has 0 fully saturated rings. The highest BCUT2D eigenvalue weighted by molar-refractivity contribution is 5.15. The van der Waals surface area contributed by atoms with Crippen molar-refractivity contribution in [3.05, 3.63) is 35.9 Å². The lowest BCUT2D eigenvalue weighted by Gasteiger charge is -2.14. The van der Waals surface area contributed by atoms with E-state index in [4.69, 9.17) is 10.2 Å². The van der Waals surface area contributed by atoms with Crippen LogP contribution in [0.1, 0.15) is 18.4 Å². The number of aliphatic hydroxyl groups is 2. The Labute approximate surface area is 85.2 Å². The Kier molecular flexibility index (Phi) is 5.27. The molecule has 14 heavy (non-hydrogen) atoms. The van der Waals surface area contributed by atoms with Crippen molar-refractivity contribution in [2.24, 2.45) is 5.92 Å². The lowest BCUT2D eigenvalue weighted by Crippen LogP contribution is -2.09. The normalized spacial score (nSPS) is 10.8. The Hall–Kier alpha value is -0.860. The van der Waals surface area contributed by atoms with E-state index in [1.54, 1.807) is 0 Å². The number of hydrogen-bond acceptors (Lipinski definition) is 2. The molecule has 0 heterocycles. The van der Waals surface area contributed by atoms with Crippen LogP contribution in [-0.4, -0.2) is 23.4 Å². The number of hydrogen-bond donors (Lipinski definition) is 2. The molecule has 0 radical (unpaired) electrons. The predicted molar refractivity (Wildman–Crippen MR) is 57.0 cm³/mol. The molecule has 0 aromatic heterocycles. The Morgan fingerprint density at radius 3 is 2.00 bits per heavy atom. The van der Waals surface area contributed by atoms with Gasteiger partial charge in [0.05, 0.1) is 0 Å². The van der Waals surface area contributed by atoms with Gasteiger partial charge in [-0.25, -0.2) is 0 Å². The summed E-state index contributed by atoms with van der Waals surface area (Å²) in [6.45, 7) is 0.412. The highest BCUT2D eigenvalue weighted by atomic mass is 16.3. The van der Waals surface area contributed by atoms with Crippen LogP contribution in [0.5, 0.6) is 0 Å². The first-order valence-electron chi connectivity index (χ1n) is 5.12. The fraction of sp³-hybridized carbons (Fsp3) is 0.500. The van der Waals surface area contributed by atoms with Crippen LogP contribution >= 0.6 is 0 Å². The molecule has 1 aromatic rings. The van der Waals surface area contributed by atoms with Gasteiger partial charge in [0.2, 0.25) is 0 Å². The molecule has 0 bridgehead atoms. The minimum absolute atomic E-state index is 0.206. The third-order valence-electron chi connectivity index (χ3n) is 2.44. The van der Waals surface area contributed by atoms with Crippen molar-refractivity contribution in [3.8, 4) is 0 Å². The van der Waals surface area contributed by atoms with Gasteiger partial charge >= 0.3 is 0 Å². The second kappa shape index (κ2) is 6.57. The van der Waals surface area contributed by atoms with Crippen molar-refractivity contribution in [2.75, 3.05) is 13.2 Å². The highest BCUT2D eigenvalue weighted by Gasteiger charge is 2.08. The van der Waals surface area contributed by atoms with Gasteiger partial charge in [-0.3, -0.25) is 0 Å². The smallest absolute Gasteiger partial charge is 0.0433 e. The van der Waals surface area contributed by atoms with Crippen molar-refractivity contribution >= 4 is 0 Å². The standard InChI is InChI=1S/C12H18O2/c13-8-6-12(7-9-14)10-11-4-2-1-3-5-11/h1-5,12-14H,6-10H2. The van der Waals surface area contributed by atoms with Gasteiger partial charge in [-0.15, -0.1) is 0 Å². The fourth-order valence-corrected chi connectivity index (χ4v) is 1.66. The Bertz CT molecular complexity index is 227. The molecule has 0 aliphatic carbocycles. The molecule has 2 nitrogen and oxygen atoms in total. The first-order chi connectivity index (χ1) is 6.86. The maximum absolute atomic E-state index is 8.86. The van der Waals surface area contributed by atoms with E-state index < -0.39 is 0 Å². The van der Waals surface area contributed by atoms with Crippen LogP contribution in [0.2, 0.25) is 0 Å². The zero-order valence-corrected chi connectivity index (χ0v) is 8.39. The molecular weight excluding hydrogens is 176 g/mol. The number of aliphatic hydroxyl groups excluding tert-OH is 2. The topological polar surface area (TPSA) is 40.5 Å². The largest absolute Gasteiger partial charge is 0.396 e. The van der Waals surface area contributed by atoms with Crippen LogP contribution < -0.4 is 0 Å². The lowest BCUT2D eigenvalue weighted by atomic mass is 9.94. The minimum Gasteiger partial charge on any atom is -0.396 e. The molecule has 0 amide bonds. The highest BCUT2D eigenvalue weighted by Crippen LogP contribution is 2.15. The quantitative estimate of drug-likeness (QED) is 0.722. The minimum atomic E-state index is 0.206. The van der Waals surface area contributed by atoms with Gasteiger partial charge in [-0.05, 0) is 30.7 Å². The van der Waals surface area contributed by atoms with Gasteiger partial charge in [0.25, 0.3) is 0 Å². The summed E-state index contributed by atoms with van der Waals surface area (Å²) in [4.78, 5) is 0. The summed E-state index contributed by atoms with van der Waals surface area (Å²) in [7, 11) is 0. The molecule has 0 aliphatic heterocycles. The van der Waals surface area contributed by atoms with E-state index >= 15 is 0 Å². The predicted octanol–water partition coefficient (Wildman–Crippen LogP) is 1.61. The Balaban J connectivity index is 2.46. The molecule has 0 unspecified atom stereocenters. The summed E-state index contributed by atoms with van der Waals surface area (Å²) in [6, 6.07) is 10.2. The van der Waals surface area contributed by atoms with Crippen molar-refractivity contribution in [2.45, 2.75) is 19.3 Å². The van der Waals surface area contributed by atoms with E-state index in [-0.39, 0.29) is 13.2 Å². The van der Waals surface area contributed by atoms with Gasteiger partial charge in [-0.1, -0.05) is 30.3 Å². The van der Waals surface area contributed by atoms with E-state index in [2.05, 4.69) is 12.1 Å². The van der Waals surface area contributed by atoms with E-state index in [0.717, 1.165) is 19.3 Å². The molecule has 0 aliphatic rings. The van der Waals surface area contributed by atoms with Gasteiger partial charge in [0.1, 0.15) is 0 Å². The average Bonchev–Trinajstić information content (AvgIpc) is 2.20. The summed E-state index contributed by atoms with van der Waals surface area (Å²) < 4.78 is 0. The van der Waals surface area contributed by atoms with Crippen molar-refractivity contribution in [3.63, 3.8) is 0 Å². The summed E-state index contributed by atoms with van der Waals surface area (Å²) in [5, 5.41) is 17.7. The fourth-order valence-electron chi connectivity index (χ4n) is 1.66. The first kappa shape index (κ1) is 11.2. The third-order valence-corrected chi connectivity index (χ3v) is 2.44. The van der Waals surface area contributed by atoms with E-state index in [1.165, 1.54) is 5.56 Å².